The molecule has 1 aromatic carbocycles. The van der Waals surface area contributed by atoms with Gasteiger partial charge in [0.05, 0.1) is 16.1 Å². The van der Waals surface area contributed by atoms with Crippen molar-refractivity contribution >= 4 is 28.5 Å². The summed E-state index contributed by atoms with van der Waals surface area (Å²) in [6.07, 6.45) is -3.95. The van der Waals surface area contributed by atoms with Crippen LogP contribution < -0.4 is 0 Å². The summed E-state index contributed by atoms with van der Waals surface area (Å²) in [5, 5.41) is 9.66. The lowest BCUT2D eigenvalue weighted by atomic mass is 10.2. The number of benzene rings is 1. The highest BCUT2D eigenvalue weighted by Crippen LogP contribution is 2.33. The van der Waals surface area contributed by atoms with Crippen molar-refractivity contribution in [1.82, 2.24) is 9.55 Å². The van der Waals surface area contributed by atoms with E-state index in [1.165, 1.54) is 10.6 Å². The van der Waals surface area contributed by atoms with E-state index in [9.17, 15) is 23.1 Å². The van der Waals surface area contributed by atoms with E-state index >= 15 is 0 Å². The molecular formula is C15H8ClF3N2O2. The topological polar surface area (TPSA) is 55.1 Å². The van der Waals surface area contributed by atoms with Crippen LogP contribution in [0.3, 0.4) is 0 Å². The van der Waals surface area contributed by atoms with Crippen LogP contribution in [0.2, 0.25) is 5.02 Å². The molecule has 0 spiro atoms. The fraction of sp³-hybridized carbons (Fsp3) is 0.0667. The van der Waals surface area contributed by atoms with Crippen molar-refractivity contribution in [3.63, 3.8) is 0 Å². The first-order chi connectivity index (χ1) is 10.8. The first-order valence-electron chi connectivity index (χ1n) is 6.36. The van der Waals surface area contributed by atoms with E-state index in [1.807, 2.05) is 0 Å². The van der Waals surface area contributed by atoms with Gasteiger partial charge in [-0.15, -0.1) is 0 Å². The molecule has 0 aliphatic heterocycles. The van der Waals surface area contributed by atoms with Crippen LogP contribution in [0.15, 0.2) is 42.6 Å². The van der Waals surface area contributed by atoms with Gasteiger partial charge in [0.1, 0.15) is 5.69 Å². The van der Waals surface area contributed by atoms with Gasteiger partial charge in [-0.1, -0.05) is 29.8 Å². The molecule has 2 aromatic heterocycles. The number of carbonyl (C=O) groups is 1. The number of carboxylic acid groups (broad SMARTS) is 1. The summed E-state index contributed by atoms with van der Waals surface area (Å²) in [6.45, 7) is 0. The van der Waals surface area contributed by atoms with E-state index in [4.69, 9.17) is 11.6 Å². The average molecular weight is 341 g/mol. The van der Waals surface area contributed by atoms with Crippen LogP contribution in [0.4, 0.5) is 13.2 Å². The average Bonchev–Trinajstić information content (AvgIpc) is 2.86. The van der Waals surface area contributed by atoms with Gasteiger partial charge < -0.3 is 5.11 Å². The maximum atomic E-state index is 12.7. The van der Waals surface area contributed by atoms with Crippen LogP contribution in [0, 0.1) is 0 Å². The van der Waals surface area contributed by atoms with Crippen molar-refractivity contribution in [3.05, 3.63) is 58.9 Å². The largest absolute Gasteiger partial charge is 0.477 e. The fourth-order valence-corrected chi connectivity index (χ4v) is 2.54. The SMILES string of the molecule is O=C(O)c1cc2ccccc2n1-c1ncc(C(F)(F)F)cc1Cl. The van der Waals surface area contributed by atoms with Gasteiger partial charge in [-0.3, -0.25) is 4.57 Å². The Morgan fingerprint density at radius 3 is 2.52 bits per heavy atom. The summed E-state index contributed by atoms with van der Waals surface area (Å²) < 4.78 is 39.3. The van der Waals surface area contributed by atoms with Crippen molar-refractivity contribution in [1.29, 1.82) is 0 Å². The maximum Gasteiger partial charge on any atom is 0.417 e. The van der Waals surface area contributed by atoms with Crippen LogP contribution in [0.1, 0.15) is 16.1 Å². The van der Waals surface area contributed by atoms with Crippen molar-refractivity contribution < 1.29 is 23.1 Å². The molecule has 8 heteroatoms. The number of hydrogen-bond acceptors (Lipinski definition) is 2. The third kappa shape index (κ3) is 2.63. The van der Waals surface area contributed by atoms with Crippen molar-refractivity contribution in [2.45, 2.75) is 6.18 Å². The number of aromatic carboxylic acids is 1. The number of para-hydroxylation sites is 1. The highest BCUT2D eigenvalue weighted by atomic mass is 35.5. The zero-order valence-electron chi connectivity index (χ0n) is 11.3. The zero-order valence-corrected chi connectivity index (χ0v) is 12.1. The number of aromatic nitrogens is 2. The van der Waals surface area contributed by atoms with Gasteiger partial charge in [0, 0.05) is 11.6 Å². The Morgan fingerprint density at radius 1 is 1.22 bits per heavy atom. The third-order valence-corrected chi connectivity index (χ3v) is 3.57. The molecule has 0 bridgehead atoms. The highest BCUT2D eigenvalue weighted by molar-refractivity contribution is 6.32. The molecule has 2 heterocycles. The van der Waals surface area contributed by atoms with Gasteiger partial charge >= 0.3 is 12.1 Å². The molecule has 0 aliphatic carbocycles. The monoisotopic (exact) mass is 340 g/mol. The zero-order chi connectivity index (χ0) is 16.8. The number of hydrogen-bond donors (Lipinski definition) is 1. The van der Waals surface area contributed by atoms with Gasteiger partial charge in [0.2, 0.25) is 0 Å². The van der Waals surface area contributed by atoms with Crippen molar-refractivity contribution in [3.8, 4) is 5.82 Å². The number of halogens is 4. The van der Waals surface area contributed by atoms with Gasteiger partial charge in [-0.2, -0.15) is 13.2 Å². The smallest absolute Gasteiger partial charge is 0.417 e. The molecule has 0 unspecified atom stereocenters. The van der Waals surface area contributed by atoms with Crippen molar-refractivity contribution in [2.24, 2.45) is 0 Å². The van der Waals surface area contributed by atoms with Crippen LogP contribution >= 0.6 is 11.6 Å². The molecule has 0 amide bonds. The second-order valence-corrected chi connectivity index (χ2v) is 5.16. The van der Waals surface area contributed by atoms with Crippen LogP contribution in [0.25, 0.3) is 16.7 Å². The minimum atomic E-state index is -4.58. The van der Waals surface area contributed by atoms with Crippen LogP contribution in [-0.4, -0.2) is 20.6 Å². The molecule has 118 valence electrons. The Morgan fingerprint density at radius 2 is 1.91 bits per heavy atom. The van der Waals surface area contributed by atoms with E-state index in [-0.39, 0.29) is 16.5 Å². The molecule has 3 rings (SSSR count). The van der Waals surface area contributed by atoms with E-state index in [1.54, 1.807) is 24.3 Å². The molecule has 0 saturated heterocycles. The molecule has 0 aliphatic rings. The molecule has 1 N–H and O–H groups in total. The Balaban J connectivity index is 2.28. The number of rotatable bonds is 2. The molecular weight excluding hydrogens is 333 g/mol. The van der Waals surface area contributed by atoms with Gasteiger partial charge in [-0.05, 0) is 18.2 Å². The summed E-state index contributed by atoms with van der Waals surface area (Å²) in [6, 6.07) is 8.87. The molecule has 0 saturated carbocycles. The van der Waals surface area contributed by atoms with Crippen LogP contribution in [0.5, 0.6) is 0 Å². The second kappa shape index (κ2) is 5.27. The molecule has 3 aromatic rings. The second-order valence-electron chi connectivity index (χ2n) is 4.76. The number of nitrogens with zero attached hydrogens (tertiary/aromatic N) is 2. The molecule has 0 radical (unpaired) electrons. The van der Waals surface area contributed by atoms with Gasteiger partial charge in [-0.25, -0.2) is 9.78 Å². The summed E-state index contributed by atoms with van der Waals surface area (Å²) in [5.41, 5.74) is -0.654. The number of carboxylic acids is 1. The highest BCUT2D eigenvalue weighted by Gasteiger charge is 2.32. The van der Waals surface area contributed by atoms with Crippen molar-refractivity contribution in [2.75, 3.05) is 0 Å². The Bertz CT molecular complexity index is 919. The fourth-order valence-electron chi connectivity index (χ4n) is 2.29. The summed E-state index contributed by atoms with van der Waals surface area (Å²) in [5.74, 6) is -1.31. The van der Waals surface area contributed by atoms with Gasteiger partial charge in [0.25, 0.3) is 0 Å². The number of fused-ring (bicyclic) bond motifs is 1. The first kappa shape index (κ1) is 15.4. The molecule has 0 fully saturated rings. The summed E-state index contributed by atoms with van der Waals surface area (Å²) in [7, 11) is 0. The summed E-state index contributed by atoms with van der Waals surface area (Å²) in [4.78, 5) is 15.2. The van der Waals surface area contributed by atoms with E-state index < -0.39 is 17.7 Å². The Labute approximate surface area is 132 Å². The first-order valence-corrected chi connectivity index (χ1v) is 6.73. The van der Waals surface area contributed by atoms with E-state index in [2.05, 4.69) is 4.98 Å². The normalized spacial score (nSPS) is 11.8. The van der Waals surface area contributed by atoms with E-state index in [0.29, 0.717) is 17.1 Å². The molecule has 23 heavy (non-hydrogen) atoms. The maximum absolute atomic E-state index is 12.7. The Hall–Kier alpha value is -2.54. The third-order valence-electron chi connectivity index (χ3n) is 3.29. The molecule has 4 nitrogen and oxygen atoms in total. The Kier molecular flexibility index (Phi) is 3.52. The quantitative estimate of drug-likeness (QED) is 0.752. The lowest BCUT2D eigenvalue weighted by Crippen LogP contribution is -2.11. The van der Waals surface area contributed by atoms with Crippen LogP contribution in [-0.2, 0) is 6.18 Å². The molecule has 0 atom stereocenters. The lowest BCUT2D eigenvalue weighted by molar-refractivity contribution is -0.137. The predicted octanol–water partition coefficient (Wildman–Crippen LogP) is 4.40. The minimum absolute atomic E-state index is 0.0710. The van der Waals surface area contributed by atoms with E-state index in [0.717, 1.165) is 6.07 Å². The standard InChI is InChI=1S/C15H8ClF3N2O2/c16-10-6-9(15(17,18)19)7-20-13(10)21-11-4-2-1-3-8(11)5-12(21)14(22)23/h1-7H,(H,22,23). The lowest BCUT2D eigenvalue weighted by Gasteiger charge is -2.12. The predicted molar refractivity (Wildman–Crippen MR) is 78.0 cm³/mol. The van der Waals surface area contributed by atoms with Gasteiger partial charge in [0.15, 0.2) is 5.82 Å². The number of pyridine rings is 1. The summed E-state index contributed by atoms with van der Waals surface area (Å²) >= 11 is 5.93. The number of alkyl halides is 3. The minimum Gasteiger partial charge on any atom is -0.477 e.